The van der Waals surface area contributed by atoms with Crippen LogP contribution in [0.4, 0.5) is 0 Å². The van der Waals surface area contributed by atoms with E-state index in [1.54, 1.807) is 40.5 Å². The summed E-state index contributed by atoms with van der Waals surface area (Å²) in [5, 5.41) is 0. The molecule has 0 heterocycles. The molecule has 0 amide bonds. The predicted molar refractivity (Wildman–Crippen MR) is 135 cm³/mol. The molecular formula is C26H42Sn2. The van der Waals surface area contributed by atoms with Crippen molar-refractivity contribution in [1.82, 2.24) is 0 Å². The molecule has 2 rings (SSSR count). The zero-order valence-corrected chi connectivity index (χ0v) is 25.8. The number of aryl methyl sites for hydroxylation is 4. The Morgan fingerprint density at radius 3 is 0.929 bits per heavy atom. The molecule has 0 spiro atoms. The van der Waals surface area contributed by atoms with Gasteiger partial charge in [-0.15, -0.1) is 0 Å². The van der Waals surface area contributed by atoms with Gasteiger partial charge in [0.25, 0.3) is 0 Å². The summed E-state index contributed by atoms with van der Waals surface area (Å²) in [6, 6.07) is 10.4. The Morgan fingerprint density at radius 2 is 0.714 bits per heavy atom. The number of rotatable bonds is 7. The Labute approximate surface area is 183 Å². The second-order valence-corrected chi connectivity index (χ2v) is 39.0. The van der Waals surface area contributed by atoms with Crippen LogP contribution in [0.1, 0.15) is 49.9 Å². The van der Waals surface area contributed by atoms with Crippen molar-refractivity contribution in [2.75, 3.05) is 0 Å². The number of hydrogen-bond acceptors (Lipinski definition) is 0. The van der Waals surface area contributed by atoms with Crippen LogP contribution >= 0.6 is 0 Å². The fourth-order valence-corrected chi connectivity index (χ4v) is 13.6. The van der Waals surface area contributed by atoms with Crippen LogP contribution in [0.15, 0.2) is 24.3 Å². The van der Waals surface area contributed by atoms with Crippen LogP contribution in [0.2, 0.25) is 29.6 Å². The van der Waals surface area contributed by atoms with E-state index < -0.39 is 36.8 Å². The van der Waals surface area contributed by atoms with Crippen molar-refractivity contribution in [3.05, 3.63) is 46.5 Å². The summed E-state index contributed by atoms with van der Waals surface area (Å²) in [5.41, 5.74) is 9.46. The van der Waals surface area contributed by atoms with Gasteiger partial charge in [-0.3, -0.25) is 0 Å². The molecule has 0 nitrogen and oxygen atoms in total. The summed E-state index contributed by atoms with van der Waals surface area (Å²) in [6.45, 7) is 9.27. The van der Waals surface area contributed by atoms with Gasteiger partial charge in [0.05, 0.1) is 0 Å². The molecule has 0 unspecified atom stereocenters. The van der Waals surface area contributed by atoms with Crippen molar-refractivity contribution in [2.24, 2.45) is 0 Å². The monoisotopic (exact) mass is 594 g/mol. The van der Waals surface area contributed by atoms with Crippen molar-refractivity contribution >= 4 is 43.9 Å². The summed E-state index contributed by atoms with van der Waals surface area (Å²) >= 11 is -4.54. The van der Waals surface area contributed by atoms with Gasteiger partial charge in [-0.05, 0) is 0 Å². The van der Waals surface area contributed by atoms with Crippen molar-refractivity contribution in [2.45, 2.75) is 83.0 Å². The topological polar surface area (TPSA) is 0 Å². The van der Waals surface area contributed by atoms with Crippen molar-refractivity contribution in [1.29, 1.82) is 0 Å². The van der Waals surface area contributed by atoms with Gasteiger partial charge in [0, 0.05) is 0 Å². The maximum absolute atomic E-state index is 2.62. The molecule has 2 aromatic rings. The Hall–Kier alpha value is 0.0374. The van der Waals surface area contributed by atoms with E-state index in [4.69, 9.17) is 0 Å². The molecule has 0 N–H and O–H groups in total. The van der Waals surface area contributed by atoms with Crippen LogP contribution in [0.5, 0.6) is 0 Å². The molecular weight excluding hydrogens is 550 g/mol. The summed E-state index contributed by atoms with van der Waals surface area (Å²) in [4.78, 5) is 15.5. The molecule has 0 fully saturated rings. The Bertz CT molecular complexity index is 761. The Morgan fingerprint density at radius 1 is 0.464 bits per heavy atom. The molecule has 0 aliphatic carbocycles. The molecule has 0 saturated carbocycles. The van der Waals surface area contributed by atoms with Gasteiger partial charge in [-0.1, -0.05) is 0 Å². The van der Waals surface area contributed by atoms with Gasteiger partial charge in [0.2, 0.25) is 0 Å². The quantitative estimate of drug-likeness (QED) is 0.315. The van der Waals surface area contributed by atoms with E-state index in [1.807, 2.05) is 0 Å². The van der Waals surface area contributed by atoms with E-state index in [0.29, 0.717) is 0 Å². The van der Waals surface area contributed by atoms with Crippen LogP contribution in [-0.2, 0) is 25.7 Å². The molecule has 0 aromatic heterocycles. The average molecular weight is 592 g/mol. The molecule has 0 atom stereocenters. The molecule has 154 valence electrons. The van der Waals surface area contributed by atoms with Crippen LogP contribution in [0.25, 0.3) is 11.1 Å². The minimum atomic E-state index is -2.27. The number of benzene rings is 2. The number of hydrogen-bond donors (Lipinski definition) is 0. The fraction of sp³-hybridized carbons (Fsp3) is 0.538. The molecule has 0 radical (unpaired) electrons. The molecule has 0 aliphatic heterocycles. The average Bonchev–Trinajstić information content (AvgIpc) is 2.64. The van der Waals surface area contributed by atoms with E-state index in [-0.39, 0.29) is 0 Å². The van der Waals surface area contributed by atoms with Crippen LogP contribution in [-0.4, -0.2) is 36.8 Å². The molecule has 0 saturated heterocycles. The predicted octanol–water partition coefficient (Wildman–Crippen LogP) is 6.69. The Kier molecular flexibility index (Phi) is 8.21. The molecule has 28 heavy (non-hydrogen) atoms. The van der Waals surface area contributed by atoms with Gasteiger partial charge in [0.1, 0.15) is 0 Å². The molecule has 0 aliphatic rings. The zero-order chi connectivity index (χ0) is 21.3. The summed E-state index contributed by atoms with van der Waals surface area (Å²) in [5.74, 6) is 0. The van der Waals surface area contributed by atoms with Crippen LogP contribution < -0.4 is 7.16 Å². The SMILES string of the molecule is CCc1cc(-c2cc(CC)c(CC)c[c]2[Sn]([CH3])([CH3])[CH3])[c]([Sn]([CH3])([CH3])[CH3])cc1CC. The third-order valence-corrected chi connectivity index (χ3v) is 17.7. The normalized spacial score (nSPS) is 12.5. The van der Waals surface area contributed by atoms with E-state index in [9.17, 15) is 0 Å². The van der Waals surface area contributed by atoms with Gasteiger partial charge in [-0.25, -0.2) is 0 Å². The van der Waals surface area contributed by atoms with Gasteiger partial charge >= 0.3 is 185 Å². The Balaban J connectivity index is 2.97. The molecule has 0 bridgehead atoms. The summed E-state index contributed by atoms with van der Waals surface area (Å²) in [6.07, 6.45) is 4.58. The van der Waals surface area contributed by atoms with E-state index >= 15 is 0 Å². The van der Waals surface area contributed by atoms with Gasteiger partial charge in [0.15, 0.2) is 0 Å². The molecule has 2 aromatic carbocycles. The van der Waals surface area contributed by atoms with Crippen molar-refractivity contribution in [3.8, 4) is 11.1 Å². The first-order chi connectivity index (χ1) is 13.0. The standard InChI is InChI=1S/C20H24.6CH3.2Sn/c1-5-15-9-11-19(13-17(15)7-3)20-12-10-16(6-2)18(8-4)14-20;;;;;;;;/h9-10,13-14H,5-8H2,1-4H3;6*1H3;;. The first kappa shape index (κ1) is 24.3. The first-order valence-corrected chi connectivity index (χ1v) is 31.3. The van der Waals surface area contributed by atoms with E-state index in [0.717, 1.165) is 25.7 Å². The van der Waals surface area contributed by atoms with Crippen molar-refractivity contribution in [3.63, 3.8) is 0 Å². The van der Waals surface area contributed by atoms with Crippen LogP contribution in [0.3, 0.4) is 0 Å². The van der Waals surface area contributed by atoms with E-state index in [2.05, 4.69) is 81.6 Å². The maximum atomic E-state index is 2.62. The zero-order valence-electron chi connectivity index (χ0n) is 20.1. The first-order valence-electron chi connectivity index (χ1n) is 11.3. The van der Waals surface area contributed by atoms with Crippen LogP contribution in [0, 0.1) is 0 Å². The fourth-order valence-electron chi connectivity index (χ4n) is 4.38. The van der Waals surface area contributed by atoms with Gasteiger partial charge in [-0.2, -0.15) is 0 Å². The second kappa shape index (κ2) is 9.45. The second-order valence-electron chi connectivity index (χ2n) is 10.2. The van der Waals surface area contributed by atoms with Gasteiger partial charge < -0.3 is 0 Å². The van der Waals surface area contributed by atoms with E-state index in [1.165, 1.54) is 0 Å². The minimum absolute atomic E-state index is 1.14. The third-order valence-electron chi connectivity index (χ3n) is 6.11. The summed E-state index contributed by atoms with van der Waals surface area (Å²) in [7, 11) is 0. The summed E-state index contributed by atoms with van der Waals surface area (Å²) < 4.78 is 3.46. The third kappa shape index (κ3) is 5.20. The van der Waals surface area contributed by atoms with Crippen molar-refractivity contribution < 1.29 is 0 Å². The molecule has 2 heteroatoms.